The van der Waals surface area contributed by atoms with Crippen molar-refractivity contribution in [2.45, 2.75) is 46.1 Å². The van der Waals surface area contributed by atoms with Crippen LogP contribution in [-0.4, -0.2) is 25.8 Å². The molecule has 1 atom stereocenters. The molecule has 0 saturated heterocycles. The molecule has 0 amide bonds. The Hall–Kier alpha value is -4.04. The second-order valence-electron chi connectivity index (χ2n) is 10.1. The maximum absolute atomic E-state index is 7.13. The summed E-state index contributed by atoms with van der Waals surface area (Å²) >= 11 is 7.13. The summed E-state index contributed by atoms with van der Waals surface area (Å²) in [5.74, 6) is 2.53. The van der Waals surface area contributed by atoms with E-state index in [1.165, 1.54) is 17.4 Å². The number of terminal acetylenes is 1. The molecule has 1 aliphatic rings. The lowest BCUT2D eigenvalue weighted by Gasteiger charge is -2.17. The predicted octanol–water partition coefficient (Wildman–Crippen LogP) is 8.61. The van der Waals surface area contributed by atoms with E-state index in [1.807, 2.05) is 50.4 Å². The highest BCUT2D eigenvalue weighted by molar-refractivity contribution is 6.35. The topological polar surface area (TPSA) is 48.5 Å². The molecule has 4 nitrogen and oxygen atoms in total. The highest BCUT2D eigenvalue weighted by Gasteiger charge is 2.22. The standard InChI is InChI=1S/C36H41ClN4/c1-9-13-24(3)28(7)41-34-17-12-14-30(27(34)6)31-15-11-16-32(36(31)37)35(39-21-10-2)23-29-18-19-33(26(29)5)40-22-20-25(4)38-8/h2,9,11-17,21,23,33,38,40-41H,1,4,7,18-20,22H2,3,5-6,8H3/b24-13+,35-23-,39-21+. The normalized spacial score (nSPS) is 15.7. The van der Waals surface area contributed by atoms with Crippen molar-refractivity contribution in [3.63, 3.8) is 0 Å². The summed E-state index contributed by atoms with van der Waals surface area (Å²) in [5, 5.41) is 10.8. The molecule has 0 saturated carbocycles. The largest absolute Gasteiger partial charge is 0.392 e. The van der Waals surface area contributed by atoms with E-state index >= 15 is 0 Å². The molecule has 0 aromatic heterocycles. The minimum absolute atomic E-state index is 0.322. The molecule has 41 heavy (non-hydrogen) atoms. The van der Waals surface area contributed by atoms with Crippen LogP contribution in [0.2, 0.25) is 5.02 Å². The van der Waals surface area contributed by atoms with Crippen LogP contribution in [0.5, 0.6) is 0 Å². The van der Waals surface area contributed by atoms with Gasteiger partial charge in [0.1, 0.15) is 0 Å². The zero-order valence-electron chi connectivity index (χ0n) is 24.7. The van der Waals surface area contributed by atoms with Crippen LogP contribution < -0.4 is 16.0 Å². The van der Waals surface area contributed by atoms with Gasteiger partial charge in [0.05, 0.1) is 16.9 Å². The minimum Gasteiger partial charge on any atom is -0.392 e. The van der Waals surface area contributed by atoms with Crippen LogP contribution in [0.25, 0.3) is 16.8 Å². The number of nitrogens with one attached hydrogen (secondary N) is 3. The van der Waals surface area contributed by atoms with E-state index in [2.05, 4.69) is 72.6 Å². The third-order valence-electron chi connectivity index (χ3n) is 7.52. The number of nitrogens with zero attached hydrogens (tertiary/aromatic N) is 1. The third-order valence-corrected chi connectivity index (χ3v) is 7.93. The Bertz CT molecular complexity index is 1480. The molecule has 0 heterocycles. The number of allylic oxidation sites excluding steroid dienone is 5. The van der Waals surface area contributed by atoms with E-state index in [1.54, 1.807) is 6.08 Å². The van der Waals surface area contributed by atoms with Crippen molar-refractivity contribution in [1.82, 2.24) is 10.6 Å². The van der Waals surface area contributed by atoms with E-state index in [0.29, 0.717) is 11.1 Å². The van der Waals surface area contributed by atoms with Crippen LogP contribution in [0.3, 0.4) is 0 Å². The first kappa shape index (κ1) is 31.5. The van der Waals surface area contributed by atoms with Crippen molar-refractivity contribution in [3.05, 3.63) is 119 Å². The summed E-state index contributed by atoms with van der Waals surface area (Å²) in [6.45, 7) is 19.1. The molecular weight excluding hydrogens is 524 g/mol. The minimum atomic E-state index is 0.322. The lowest BCUT2D eigenvalue weighted by Crippen LogP contribution is -2.29. The van der Waals surface area contributed by atoms with Crippen LogP contribution in [-0.2, 0) is 0 Å². The number of anilines is 1. The van der Waals surface area contributed by atoms with E-state index in [4.69, 9.17) is 18.0 Å². The molecule has 0 aliphatic heterocycles. The zero-order chi connectivity index (χ0) is 29.9. The first-order valence-corrected chi connectivity index (χ1v) is 14.2. The summed E-state index contributed by atoms with van der Waals surface area (Å²) in [7, 11) is 1.90. The average molecular weight is 565 g/mol. The highest BCUT2D eigenvalue weighted by Crippen LogP contribution is 2.39. The number of hydrogen-bond acceptors (Lipinski definition) is 4. The highest BCUT2D eigenvalue weighted by atomic mass is 35.5. The fourth-order valence-corrected chi connectivity index (χ4v) is 5.22. The molecular formula is C36H41ClN4. The molecule has 5 heteroatoms. The molecule has 0 spiro atoms. The van der Waals surface area contributed by atoms with Crippen molar-refractivity contribution in [2.75, 3.05) is 18.9 Å². The first-order chi connectivity index (χ1) is 19.7. The van der Waals surface area contributed by atoms with E-state index in [0.717, 1.165) is 76.4 Å². The van der Waals surface area contributed by atoms with E-state index in [9.17, 15) is 0 Å². The fraction of sp³-hybridized carbons (Fsp3) is 0.250. The van der Waals surface area contributed by atoms with Gasteiger partial charge in [-0.15, -0.1) is 6.42 Å². The van der Waals surface area contributed by atoms with Gasteiger partial charge >= 0.3 is 0 Å². The number of hydrogen-bond donors (Lipinski definition) is 3. The maximum Gasteiger partial charge on any atom is 0.0771 e. The lowest BCUT2D eigenvalue weighted by molar-refractivity contribution is 0.560. The van der Waals surface area contributed by atoms with Crippen molar-refractivity contribution in [2.24, 2.45) is 4.99 Å². The summed E-state index contributed by atoms with van der Waals surface area (Å²) < 4.78 is 0. The molecule has 2 aromatic carbocycles. The SMILES string of the molecule is C#C/C=N/C(=C\C1=C(C)C(NCCC(=C)NC)CC1)c1cccc(-c2cccc(NC(=C)/C(C)=C/C=C)c2C)c1Cl. The fourth-order valence-electron chi connectivity index (χ4n) is 4.90. The van der Waals surface area contributed by atoms with Gasteiger partial charge in [0.25, 0.3) is 0 Å². The van der Waals surface area contributed by atoms with Crippen LogP contribution in [0.4, 0.5) is 5.69 Å². The summed E-state index contributed by atoms with van der Waals surface area (Å²) in [6, 6.07) is 12.5. The Kier molecular flexibility index (Phi) is 11.6. The van der Waals surface area contributed by atoms with Crippen LogP contribution in [0.1, 0.15) is 44.2 Å². The van der Waals surface area contributed by atoms with Crippen LogP contribution in [0, 0.1) is 19.3 Å². The molecule has 0 radical (unpaired) electrons. The molecule has 0 fully saturated rings. The molecule has 3 N–H and O–H groups in total. The first-order valence-electron chi connectivity index (χ1n) is 13.8. The smallest absolute Gasteiger partial charge is 0.0771 e. The number of rotatable bonds is 13. The quantitative estimate of drug-likeness (QED) is 0.130. The van der Waals surface area contributed by atoms with Gasteiger partial charge in [-0.3, -0.25) is 0 Å². The van der Waals surface area contributed by atoms with E-state index < -0.39 is 0 Å². The van der Waals surface area contributed by atoms with Gasteiger partial charge in [0.2, 0.25) is 0 Å². The monoisotopic (exact) mass is 564 g/mol. The van der Waals surface area contributed by atoms with Gasteiger partial charge in [-0.2, -0.15) is 0 Å². The summed E-state index contributed by atoms with van der Waals surface area (Å²) in [6.07, 6.45) is 15.7. The van der Waals surface area contributed by atoms with Crippen LogP contribution in [0.15, 0.2) is 107 Å². The van der Waals surface area contributed by atoms with Gasteiger partial charge in [-0.1, -0.05) is 85.3 Å². The van der Waals surface area contributed by atoms with Crippen molar-refractivity contribution < 1.29 is 0 Å². The summed E-state index contributed by atoms with van der Waals surface area (Å²) in [4.78, 5) is 4.65. The maximum atomic E-state index is 7.13. The molecule has 0 bridgehead atoms. The second-order valence-corrected chi connectivity index (χ2v) is 10.5. The molecule has 1 aliphatic carbocycles. The Morgan fingerprint density at radius 1 is 1.17 bits per heavy atom. The van der Waals surface area contributed by atoms with Crippen molar-refractivity contribution >= 4 is 29.2 Å². The van der Waals surface area contributed by atoms with Gasteiger partial charge in [-0.05, 0) is 74.4 Å². The second kappa shape index (κ2) is 15.1. The van der Waals surface area contributed by atoms with Crippen molar-refractivity contribution in [3.8, 4) is 23.5 Å². The Balaban J connectivity index is 1.98. The Labute approximate surface area is 251 Å². The average Bonchev–Trinajstić information content (AvgIpc) is 3.31. The van der Waals surface area contributed by atoms with Crippen LogP contribution >= 0.6 is 11.6 Å². The molecule has 3 rings (SSSR count). The van der Waals surface area contributed by atoms with Gasteiger partial charge in [-0.25, -0.2) is 4.99 Å². The number of halogens is 1. The lowest BCUT2D eigenvalue weighted by atomic mass is 9.96. The Morgan fingerprint density at radius 2 is 1.90 bits per heavy atom. The molecule has 212 valence electrons. The molecule has 2 aromatic rings. The molecule has 1 unspecified atom stereocenters. The van der Waals surface area contributed by atoms with Gasteiger partial charge < -0.3 is 16.0 Å². The van der Waals surface area contributed by atoms with Gasteiger partial charge in [0.15, 0.2) is 0 Å². The third kappa shape index (κ3) is 8.01. The van der Waals surface area contributed by atoms with Crippen molar-refractivity contribution in [1.29, 1.82) is 0 Å². The summed E-state index contributed by atoms with van der Waals surface area (Å²) in [5.41, 5.74) is 11.0. The van der Waals surface area contributed by atoms with E-state index in [-0.39, 0.29) is 0 Å². The number of aliphatic imine (C=N–C) groups is 1. The zero-order valence-corrected chi connectivity index (χ0v) is 25.5. The Morgan fingerprint density at radius 3 is 2.61 bits per heavy atom. The predicted molar refractivity (Wildman–Crippen MR) is 180 cm³/mol. The van der Waals surface area contributed by atoms with Gasteiger partial charge in [0, 0.05) is 47.8 Å². The number of benzene rings is 2.